The molecule has 0 aliphatic carbocycles. The lowest BCUT2D eigenvalue weighted by molar-refractivity contribution is -0.124. The lowest BCUT2D eigenvalue weighted by Gasteiger charge is -2.26. The fourth-order valence-corrected chi connectivity index (χ4v) is 4.14. The van der Waals surface area contributed by atoms with Gasteiger partial charge in [-0.05, 0) is 49.6 Å². The van der Waals surface area contributed by atoms with E-state index in [0.717, 1.165) is 5.56 Å². The zero-order chi connectivity index (χ0) is 27.4. The number of hydrogen-bond acceptors (Lipinski definition) is 7. The molecule has 0 saturated carbocycles. The Kier molecular flexibility index (Phi) is 7.82. The fourth-order valence-electron chi connectivity index (χ4n) is 4.14. The van der Waals surface area contributed by atoms with E-state index >= 15 is 0 Å². The Hall–Kier alpha value is -4.18. The lowest BCUT2D eigenvalue weighted by atomic mass is 9.85. The SMILES string of the molecule is CC(C)[C@H](NC(=O)Cn1c(-c2ccc(F)cc2)nccc1=O)C(O)c1nnc(C(C)(C)c2ccccc2)o1. The summed E-state index contributed by atoms with van der Waals surface area (Å²) in [6, 6.07) is 15.6. The van der Waals surface area contributed by atoms with Gasteiger partial charge in [0.2, 0.25) is 17.7 Å². The highest BCUT2D eigenvalue weighted by Crippen LogP contribution is 2.32. The first-order valence-corrected chi connectivity index (χ1v) is 12.3. The minimum absolute atomic E-state index is 0.0199. The van der Waals surface area contributed by atoms with Crippen molar-refractivity contribution in [1.29, 1.82) is 0 Å². The highest BCUT2D eigenvalue weighted by molar-refractivity contribution is 5.77. The average Bonchev–Trinajstić information content (AvgIpc) is 3.40. The van der Waals surface area contributed by atoms with Crippen molar-refractivity contribution in [3.63, 3.8) is 0 Å². The van der Waals surface area contributed by atoms with Crippen LogP contribution in [0, 0.1) is 11.7 Å². The number of halogens is 1. The summed E-state index contributed by atoms with van der Waals surface area (Å²) in [6.45, 7) is 7.20. The van der Waals surface area contributed by atoms with Gasteiger partial charge in [0.25, 0.3) is 5.56 Å². The predicted octanol–water partition coefficient (Wildman–Crippen LogP) is 3.63. The second kappa shape index (κ2) is 11.1. The Morgan fingerprint density at radius 3 is 2.42 bits per heavy atom. The standard InChI is InChI=1S/C28H30FN5O4/c1-17(2)23(24(37)26-32-33-27(38-26)28(3,4)19-8-6-5-7-9-19)31-21(35)16-34-22(36)14-15-30-25(34)18-10-12-20(29)13-11-18/h5-15,17,23-24,37H,16H2,1-4H3,(H,31,35)/t23-,24?/m0/s1. The molecule has 38 heavy (non-hydrogen) atoms. The number of carbonyl (C=O) groups excluding carboxylic acids is 1. The molecule has 0 aliphatic rings. The monoisotopic (exact) mass is 519 g/mol. The minimum Gasteiger partial charge on any atom is -0.421 e. The number of nitrogens with zero attached hydrogens (tertiary/aromatic N) is 4. The number of nitrogens with one attached hydrogen (secondary N) is 1. The number of hydrogen-bond donors (Lipinski definition) is 2. The summed E-state index contributed by atoms with van der Waals surface area (Å²) in [4.78, 5) is 29.9. The Bertz CT molecular complexity index is 1450. The van der Waals surface area contributed by atoms with Gasteiger partial charge in [0.05, 0.1) is 11.5 Å². The van der Waals surface area contributed by atoms with Gasteiger partial charge >= 0.3 is 0 Å². The second-order valence-electron chi connectivity index (χ2n) is 9.92. The third-order valence-corrected chi connectivity index (χ3v) is 6.45. The molecule has 2 atom stereocenters. The molecular weight excluding hydrogens is 489 g/mol. The molecule has 10 heteroatoms. The maximum absolute atomic E-state index is 13.4. The highest BCUT2D eigenvalue weighted by atomic mass is 19.1. The zero-order valence-corrected chi connectivity index (χ0v) is 21.6. The predicted molar refractivity (Wildman–Crippen MR) is 138 cm³/mol. The van der Waals surface area contributed by atoms with Crippen molar-refractivity contribution in [2.75, 3.05) is 0 Å². The van der Waals surface area contributed by atoms with E-state index in [1.165, 1.54) is 41.1 Å². The quantitative estimate of drug-likeness (QED) is 0.346. The van der Waals surface area contributed by atoms with Gasteiger partial charge in [-0.1, -0.05) is 44.2 Å². The molecule has 1 unspecified atom stereocenters. The Morgan fingerprint density at radius 2 is 1.76 bits per heavy atom. The maximum atomic E-state index is 13.4. The molecule has 4 rings (SSSR count). The number of aliphatic hydroxyl groups excluding tert-OH is 1. The van der Waals surface area contributed by atoms with Crippen molar-refractivity contribution in [1.82, 2.24) is 25.1 Å². The van der Waals surface area contributed by atoms with Crippen LogP contribution in [0.15, 0.2) is 76.1 Å². The molecule has 2 heterocycles. The smallest absolute Gasteiger partial charge is 0.254 e. The number of amides is 1. The van der Waals surface area contributed by atoms with Gasteiger partial charge < -0.3 is 14.8 Å². The third-order valence-electron chi connectivity index (χ3n) is 6.45. The molecule has 2 aromatic carbocycles. The van der Waals surface area contributed by atoms with E-state index in [-0.39, 0.29) is 24.2 Å². The topological polar surface area (TPSA) is 123 Å². The number of carbonyl (C=O) groups is 1. The fraction of sp³-hybridized carbons (Fsp3) is 0.321. The highest BCUT2D eigenvalue weighted by Gasteiger charge is 2.34. The first-order chi connectivity index (χ1) is 18.1. The van der Waals surface area contributed by atoms with Crippen LogP contribution >= 0.6 is 0 Å². The summed E-state index contributed by atoms with van der Waals surface area (Å²) in [7, 11) is 0. The van der Waals surface area contributed by atoms with Crippen LogP contribution in [0.4, 0.5) is 4.39 Å². The summed E-state index contributed by atoms with van der Waals surface area (Å²) in [5.74, 6) is -0.634. The molecule has 2 N–H and O–H groups in total. The van der Waals surface area contributed by atoms with E-state index in [1.807, 2.05) is 58.0 Å². The van der Waals surface area contributed by atoms with E-state index < -0.39 is 34.8 Å². The summed E-state index contributed by atoms with van der Waals surface area (Å²) in [6.07, 6.45) is 0.0502. The van der Waals surface area contributed by atoms with Gasteiger partial charge in [0.1, 0.15) is 18.2 Å². The van der Waals surface area contributed by atoms with E-state index in [9.17, 15) is 19.1 Å². The van der Waals surface area contributed by atoms with Gasteiger partial charge in [0, 0.05) is 17.8 Å². The molecule has 2 aromatic heterocycles. The normalized spacial score (nSPS) is 13.3. The van der Waals surface area contributed by atoms with Crippen molar-refractivity contribution in [2.24, 2.45) is 5.92 Å². The molecule has 9 nitrogen and oxygen atoms in total. The van der Waals surface area contributed by atoms with Crippen molar-refractivity contribution in [3.8, 4) is 11.4 Å². The van der Waals surface area contributed by atoms with Crippen LogP contribution in [0.5, 0.6) is 0 Å². The van der Waals surface area contributed by atoms with E-state index in [2.05, 4.69) is 20.5 Å². The van der Waals surface area contributed by atoms with Crippen LogP contribution in [0.25, 0.3) is 11.4 Å². The average molecular weight is 520 g/mol. The number of benzene rings is 2. The minimum atomic E-state index is -1.28. The molecule has 4 aromatic rings. The Balaban J connectivity index is 1.54. The second-order valence-corrected chi connectivity index (χ2v) is 9.92. The number of rotatable bonds is 9. The molecule has 0 aliphatic heterocycles. The molecule has 0 saturated heterocycles. The Labute approximate surface area is 219 Å². The largest absolute Gasteiger partial charge is 0.421 e. The van der Waals surface area contributed by atoms with Crippen molar-refractivity contribution < 1.29 is 18.7 Å². The van der Waals surface area contributed by atoms with E-state index in [0.29, 0.717) is 11.5 Å². The van der Waals surface area contributed by atoms with Gasteiger partial charge in [-0.25, -0.2) is 9.37 Å². The maximum Gasteiger partial charge on any atom is 0.254 e. The van der Waals surface area contributed by atoms with Crippen LogP contribution in [0.3, 0.4) is 0 Å². The van der Waals surface area contributed by atoms with Gasteiger partial charge in [0.15, 0.2) is 6.10 Å². The van der Waals surface area contributed by atoms with E-state index in [1.54, 1.807) is 0 Å². The third kappa shape index (κ3) is 5.70. The van der Waals surface area contributed by atoms with Crippen LogP contribution in [-0.2, 0) is 16.8 Å². The number of aliphatic hydroxyl groups is 1. The van der Waals surface area contributed by atoms with Crippen LogP contribution < -0.4 is 10.9 Å². The van der Waals surface area contributed by atoms with Crippen molar-refractivity contribution in [2.45, 2.75) is 51.8 Å². The van der Waals surface area contributed by atoms with Crippen LogP contribution in [0.2, 0.25) is 0 Å². The van der Waals surface area contributed by atoms with Gasteiger partial charge in [-0.3, -0.25) is 14.2 Å². The lowest BCUT2D eigenvalue weighted by Crippen LogP contribution is -2.45. The molecule has 0 spiro atoms. The van der Waals surface area contributed by atoms with Gasteiger partial charge in [-0.15, -0.1) is 10.2 Å². The molecule has 0 radical (unpaired) electrons. The summed E-state index contributed by atoms with van der Waals surface area (Å²) < 4.78 is 20.5. The summed E-state index contributed by atoms with van der Waals surface area (Å²) >= 11 is 0. The molecular formula is C28H30FN5O4. The zero-order valence-electron chi connectivity index (χ0n) is 21.6. The first-order valence-electron chi connectivity index (χ1n) is 12.3. The molecule has 0 bridgehead atoms. The Morgan fingerprint density at radius 1 is 1.08 bits per heavy atom. The molecule has 0 fully saturated rings. The van der Waals surface area contributed by atoms with Crippen LogP contribution in [-0.4, -0.2) is 36.8 Å². The summed E-state index contributed by atoms with van der Waals surface area (Å²) in [5.41, 5.74) is 0.413. The molecule has 1 amide bonds. The molecule has 198 valence electrons. The van der Waals surface area contributed by atoms with Crippen molar-refractivity contribution >= 4 is 5.91 Å². The first kappa shape index (κ1) is 26.9. The van der Waals surface area contributed by atoms with Gasteiger partial charge in [-0.2, -0.15) is 0 Å². The summed E-state index contributed by atoms with van der Waals surface area (Å²) in [5, 5.41) is 22.1. The van der Waals surface area contributed by atoms with E-state index in [4.69, 9.17) is 4.42 Å². The van der Waals surface area contributed by atoms with Crippen molar-refractivity contribution in [3.05, 3.63) is 100 Å². The number of aromatic nitrogens is 4. The van der Waals surface area contributed by atoms with Crippen LogP contribution in [0.1, 0.15) is 51.1 Å².